The molecular weight excluding hydrogens is 251 g/mol. The van der Waals surface area contributed by atoms with Gasteiger partial charge in [-0.3, -0.25) is 0 Å². The van der Waals surface area contributed by atoms with Gasteiger partial charge in [-0.15, -0.1) is 4.89 Å². The standard InChI is InChI=1S/C12H10.CH3O4P/c1-3-7-11(8-4-1)12-9-5-2-6-10-12;2-1-5-6(3)4/h1-10H;2H,1H2/p+1. The summed E-state index contributed by atoms with van der Waals surface area (Å²) in [6, 6.07) is 20.8. The van der Waals surface area contributed by atoms with Crippen LogP contribution in [-0.4, -0.2) is 16.8 Å². The van der Waals surface area contributed by atoms with Crippen LogP contribution in [0.15, 0.2) is 60.7 Å². The molecular formula is C13H14O4P+. The molecule has 0 aliphatic heterocycles. The first kappa shape index (κ1) is 14.5. The predicted octanol–water partition coefficient (Wildman–Crippen LogP) is 2.96. The van der Waals surface area contributed by atoms with Crippen LogP contribution in [0.2, 0.25) is 0 Å². The Balaban J connectivity index is 0.000000232. The topological polar surface area (TPSA) is 66.8 Å². The second-order valence-electron chi connectivity index (χ2n) is 3.23. The van der Waals surface area contributed by atoms with E-state index in [0.717, 1.165) is 0 Å². The van der Waals surface area contributed by atoms with Crippen LogP contribution in [0.1, 0.15) is 0 Å². The summed E-state index contributed by atoms with van der Waals surface area (Å²) in [5.74, 6) is 0. The fraction of sp³-hybridized carbons (Fsp3) is 0.0769. The highest BCUT2D eigenvalue weighted by molar-refractivity contribution is 7.32. The highest BCUT2D eigenvalue weighted by Crippen LogP contribution is 2.17. The Hall–Kier alpha value is -1.58. The van der Waals surface area contributed by atoms with Crippen molar-refractivity contribution in [3.63, 3.8) is 0 Å². The van der Waals surface area contributed by atoms with Crippen LogP contribution in [0.3, 0.4) is 0 Å². The molecule has 0 heterocycles. The lowest BCUT2D eigenvalue weighted by molar-refractivity contribution is 0.0946. The summed E-state index contributed by atoms with van der Waals surface area (Å²) in [5, 5.41) is 7.67. The summed E-state index contributed by atoms with van der Waals surface area (Å²) in [5.41, 5.74) is 2.55. The molecule has 18 heavy (non-hydrogen) atoms. The fourth-order valence-corrected chi connectivity index (χ4v) is 1.41. The summed E-state index contributed by atoms with van der Waals surface area (Å²) >= 11 is 0. The van der Waals surface area contributed by atoms with Gasteiger partial charge in [-0.2, -0.15) is 0 Å². The summed E-state index contributed by atoms with van der Waals surface area (Å²) in [4.78, 5) is 7.68. The molecule has 2 N–H and O–H groups in total. The van der Waals surface area contributed by atoms with Gasteiger partial charge < -0.3 is 5.11 Å². The monoisotopic (exact) mass is 265 g/mol. The summed E-state index contributed by atoms with van der Waals surface area (Å²) < 4.78 is 13.0. The van der Waals surface area contributed by atoms with E-state index in [0.29, 0.717) is 0 Å². The summed E-state index contributed by atoms with van der Waals surface area (Å²) in [6.07, 6.45) is 0. The van der Waals surface area contributed by atoms with Gasteiger partial charge in [-0.05, 0) is 11.1 Å². The predicted molar refractivity (Wildman–Crippen MR) is 69.9 cm³/mol. The van der Waals surface area contributed by atoms with Crippen LogP contribution in [-0.2, 0) is 9.09 Å². The maximum absolute atomic E-state index is 9.37. The minimum absolute atomic E-state index is 0.703. The van der Waals surface area contributed by atoms with Gasteiger partial charge in [0.05, 0.1) is 0 Å². The molecule has 0 fully saturated rings. The number of hydrogen-bond donors (Lipinski definition) is 2. The number of aliphatic hydroxyl groups excluding tert-OH is 1. The molecule has 0 amide bonds. The van der Waals surface area contributed by atoms with Crippen LogP contribution < -0.4 is 0 Å². The van der Waals surface area contributed by atoms with Crippen molar-refractivity contribution in [3.8, 4) is 11.1 Å². The Morgan fingerprint density at radius 2 is 1.28 bits per heavy atom. The third kappa shape index (κ3) is 5.66. The van der Waals surface area contributed by atoms with E-state index in [1.807, 2.05) is 12.1 Å². The van der Waals surface area contributed by atoms with E-state index >= 15 is 0 Å². The molecule has 0 aliphatic carbocycles. The molecule has 0 saturated carbocycles. The number of aliphatic hydroxyl groups is 1. The second-order valence-corrected chi connectivity index (χ2v) is 3.96. The Morgan fingerprint density at radius 1 is 0.889 bits per heavy atom. The van der Waals surface area contributed by atoms with Crippen molar-refractivity contribution in [1.82, 2.24) is 0 Å². The molecule has 1 unspecified atom stereocenters. The van der Waals surface area contributed by atoms with E-state index in [4.69, 9.17) is 10.00 Å². The van der Waals surface area contributed by atoms with Crippen molar-refractivity contribution in [1.29, 1.82) is 0 Å². The lowest BCUT2D eigenvalue weighted by atomic mass is 10.1. The zero-order valence-electron chi connectivity index (χ0n) is 9.64. The van der Waals surface area contributed by atoms with E-state index in [1.54, 1.807) is 0 Å². The van der Waals surface area contributed by atoms with Crippen LogP contribution in [0, 0.1) is 0 Å². The highest BCUT2D eigenvalue weighted by atomic mass is 31.1. The van der Waals surface area contributed by atoms with Gasteiger partial charge in [-0.25, -0.2) is 0 Å². The molecule has 4 nitrogen and oxygen atoms in total. The van der Waals surface area contributed by atoms with Crippen LogP contribution >= 0.6 is 8.25 Å². The SMILES string of the molecule is O=[P+](O)OCO.c1ccc(-c2ccccc2)cc1. The maximum atomic E-state index is 9.37. The van der Waals surface area contributed by atoms with Crippen molar-refractivity contribution >= 4 is 8.25 Å². The molecule has 5 heteroatoms. The minimum atomic E-state index is -2.60. The highest BCUT2D eigenvalue weighted by Gasteiger charge is 2.07. The first-order valence-corrected chi connectivity index (χ1v) is 6.37. The molecule has 94 valence electrons. The minimum Gasteiger partial charge on any atom is -0.367 e. The normalized spacial score (nSPS) is 10.2. The van der Waals surface area contributed by atoms with Crippen molar-refractivity contribution in [2.24, 2.45) is 0 Å². The van der Waals surface area contributed by atoms with E-state index in [2.05, 4.69) is 53.1 Å². The molecule has 2 aromatic rings. The third-order valence-corrected chi connectivity index (χ3v) is 2.39. The number of rotatable bonds is 3. The van der Waals surface area contributed by atoms with Gasteiger partial charge in [0.2, 0.25) is 6.79 Å². The molecule has 0 radical (unpaired) electrons. The zero-order chi connectivity index (χ0) is 13.2. The van der Waals surface area contributed by atoms with E-state index < -0.39 is 15.0 Å². The van der Waals surface area contributed by atoms with E-state index in [-0.39, 0.29) is 0 Å². The zero-order valence-corrected chi connectivity index (χ0v) is 10.5. The summed E-state index contributed by atoms with van der Waals surface area (Å²) in [6.45, 7) is -0.703. The maximum Gasteiger partial charge on any atom is 0.697 e. The Labute approximate surface area is 106 Å². The second kappa shape index (κ2) is 8.50. The van der Waals surface area contributed by atoms with Gasteiger partial charge in [0, 0.05) is 4.57 Å². The average Bonchev–Trinajstić information content (AvgIpc) is 2.41. The Morgan fingerprint density at radius 3 is 1.50 bits per heavy atom. The smallest absolute Gasteiger partial charge is 0.367 e. The van der Waals surface area contributed by atoms with Crippen molar-refractivity contribution in [3.05, 3.63) is 60.7 Å². The molecule has 0 saturated heterocycles. The Bertz CT molecular complexity index is 421. The molecule has 0 aromatic heterocycles. The average molecular weight is 265 g/mol. The third-order valence-electron chi connectivity index (χ3n) is 2.05. The molecule has 2 rings (SSSR count). The van der Waals surface area contributed by atoms with Crippen molar-refractivity contribution in [2.45, 2.75) is 0 Å². The number of hydrogen-bond acceptors (Lipinski definition) is 3. The quantitative estimate of drug-likeness (QED) is 0.661. The lowest BCUT2D eigenvalue weighted by Crippen LogP contribution is -1.78. The molecule has 0 bridgehead atoms. The van der Waals surface area contributed by atoms with E-state index in [9.17, 15) is 4.57 Å². The first-order chi connectivity index (χ1) is 8.74. The fourth-order valence-electron chi connectivity index (χ4n) is 1.31. The summed E-state index contributed by atoms with van der Waals surface area (Å²) in [7, 11) is -2.60. The van der Waals surface area contributed by atoms with Crippen molar-refractivity contribution < 1.29 is 19.1 Å². The molecule has 1 atom stereocenters. The van der Waals surface area contributed by atoms with Gasteiger partial charge in [0.25, 0.3) is 0 Å². The van der Waals surface area contributed by atoms with Crippen LogP contribution in [0.4, 0.5) is 0 Å². The molecule has 2 aromatic carbocycles. The van der Waals surface area contributed by atoms with Gasteiger partial charge in [0.15, 0.2) is 0 Å². The van der Waals surface area contributed by atoms with Gasteiger partial charge >= 0.3 is 8.25 Å². The van der Waals surface area contributed by atoms with Crippen molar-refractivity contribution in [2.75, 3.05) is 6.79 Å². The van der Waals surface area contributed by atoms with Crippen LogP contribution in [0.5, 0.6) is 0 Å². The Kier molecular flexibility index (Phi) is 6.84. The van der Waals surface area contributed by atoms with Gasteiger partial charge in [0.1, 0.15) is 0 Å². The van der Waals surface area contributed by atoms with Crippen LogP contribution in [0.25, 0.3) is 11.1 Å². The lowest BCUT2D eigenvalue weighted by Gasteiger charge is -1.98. The van der Waals surface area contributed by atoms with E-state index in [1.165, 1.54) is 11.1 Å². The number of benzene rings is 2. The van der Waals surface area contributed by atoms with Gasteiger partial charge in [-0.1, -0.05) is 65.2 Å². The largest absolute Gasteiger partial charge is 0.697 e. The first-order valence-electron chi connectivity index (χ1n) is 5.24. The molecule has 0 spiro atoms. The molecule has 0 aliphatic rings.